The molecule has 16 heavy (non-hydrogen) atoms. The van der Waals surface area contributed by atoms with E-state index >= 15 is 0 Å². The second kappa shape index (κ2) is 5.11. The molecule has 0 saturated heterocycles. The lowest BCUT2D eigenvalue weighted by Gasteiger charge is -2.11. The number of aromatic carboxylic acids is 1. The van der Waals surface area contributed by atoms with Gasteiger partial charge in [0.05, 0.1) is 18.4 Å². The van der Waals surface area contributed by atoms with Crippen LogP contribution >= 0.6 is 0 Å². The van der Waals surface area contributed by atoms with Gasteiger partial charge in [0, 0.05) is 14.1 Å². The molecule has 0 radical (unpaired) electrons. The van der Waals surface area contributed by atoms with Gasteiger partial charge in [0.1, 0.15) is 5.69 Å². The number of amides is 1. The maximum Gasteiger partial charge on any atom is 0.354 e. The Balaban J connectivity index is 2.56. The van der Waals surface area contributed by atoms with E-state index in [9.17, 15) is 9.59 Å². The molecule has 1 amide bonds. The van der Waals surface area contributed by atoms with Crippen LogP contribution < -0.4 is 5.32 Å². The molecule has 0 fully saturated rings. The first-order chi connectivity index (χ1) is 7.50. The van der Waals surface area contributed by atoms with Crippen molar-refractivity contribution >= 4 is 17.6 Å². The maximum absolute atomic E-state index is 11.2. The standard InChI is InChI=1S/C10H13N3O3/c1-13(2)9(14)6-11-7-3-4-8(10(15)16)12-5-7/h3-5,11H,6H2,1-2H3,(H,15,16). The summed E-state index contributed by atoms with van der Waals surface area (Å²) >= 11 is 0. The molecule has 0 atom stereocenters. The fourth-order valence-electron chi connectivity index (χ4n) is 0.961. The summed E-state index contributed by atoms with van der Waals surface area (Å²) in [4.78, 5) is 26.9. The topological polar surface area (TPSA) is 82.5 Å². The highest BCUT2D eigenvalue weighted by atomic mass is 16.4. The van der Waals surface area contributed by atoms with Gasteiger partial charge in [-0.25, -0.2) is 9.78 Å². The SMILES string of the molecule is CN(C)C(=O)CNc1ccc(C(=O)O)nc1. The first-order valence-corrected chi connectivity index (χ1v) is 4.64. The minimum absolute atomic E-state index is 0.0236. The number of anilines is 1. The quantitative estimate of drug-likeness (QED) is 0.766. The van der Waals surface area contributed by atoms with Crippen molar-refractivity contribution in [3.63, 3.8) is 0 Å². The van der Waals surface area contributed by atoms with E-state index in [4.69, 9.17) is 5.11 Å². The van der Waals surface area contributed by atoms with Gasteiger partial charge in [-0.15, -0.1) is 0 Å². The third-order valence-electron chi connectivity index (χ3n) is 1.93. The number of carboxylic acids is 1. The van der Waals surface area contributed by atoms with E-state index in [1.165, 1.54) is 17.2 Å². The van der Waals surface area contributed by atoms with Gasteiger partial charge >= 0.3 is 5.97 Å². The maximum atomic E-state index is 11.2. The first-order valence-electron chi connectivity index (χ1n) is 4.64. The van der Waals surface area contributed by atoms with E-state index in [2.05, 4.69) is 10.3 Å². The Bertz CT molecular complexity index is 387. The number of pyridine rings is 1. The summed E-state index contributed by atoms with van der Waals surface area (Å²) in [5.74, 6) is -1.14. The molecule has 0 aliphatic heterocycles. The van der Waals surface area contributed by atoms with Crippen molar-refractivity contribution < 1.29 is 14.7 Å². The van der Waals surface area contributed by atoms with Crippen molar-refractivity contribution in [3.8, 4) is 0 Å². The highest BCUT2D eigenvalue weighted by molar-refractivity contribution is 5.85. The molecule has 0 unspecified atom stereocenters. The Hall–Kier alpha value is -2.11. The number of hydrogen-bond acceptors (Lipinski definition) is 4. The lowest BCUT2D eigenvalue weighted by Crippen LogP contribution is -2.28. The van der Waals surface area contributed by atoms with Crippen LogP contribution in [-0.4, -0.2) is 47.5 Å². The number of aromatic nitrogens is 1. The molecule has 0 aliphatic rings. The number of likely N-dealkylation sites (N-methyl/N-ethyl adjacent to an activating group) is 1. The van der Waals surface area contributed by atoms with Crippen molar-refractivity contribution in [2.75, 3.05) is 26.0 Å². The van der Waals surface area contributed by atoms with E-state index in [0.717, 1.165) is 0 Å². The summed E-state index contributed by atoms with van der Waals surface area (Å²) in [6, 6.07) is 2.95. The van der Waals surface area contributed by atoms with Crippen LogP contribution in [-0.2, 0) is 4.79 Å². The molecule has 6 heteroatoms. The van der Waals surface area contributed by atoms with Crippen molar-refractivity contribution in [3.05, 3.63) is 24.0 Å². The van der Waals surface area contributed by atoms with Crippen LogP contribution in [0.25, 0.3) is 0 Å². The summed E-state index contributed by atoms with van der Waals surface area (Å²) in [6.45, 7) is 0.154. The molecule has 1 rings (SSSR count). The highest BCUT2D eigenvalue weighted by Crippen LogP contribution is 2.05. The zero-order chi connectivity index (χ0) is 12.1. The van der Waals surface area contributed by atoms with Gasteiger partial charge in [0.2, 0.25) is 5.91 Å². The van der Waals surface area contributed by atoms with Gasteiger partial charge in [-0.3, -0.25) is 4.79 Å². The van der Waals surface area contributed by atoms with Crippen LogP contribution in [0.3, 0.4) is 0 Å². The zero-order valence-electron chi connectivity index (χ0n) is 9.10. The summed E-state index contributed by atoms with van der Waals surface area (Å²) in [5.41, 5.74) is 0.588. The van der Waals surface area contributed by atoms with E-state index < -0.39 is 5.97 Å². The molecule has 0 spiro atoms. The molecule has 2 N–H and O–H groups in total. The van der Waals surface area contributed by atoms with Gasteiger partial charge < -0.3 is 15.3 Å². The second-order valence-electron chi connectivity index (χ2n) is 3.38. The van der Waals surface area contributed by atoms with Gasteiger partial charge in [-0.05, 0) is 12.1 Å². The van der Waals surface area contributed by atoms with E-state index in [-0.39, 0.29) is 18.1 Å². The van der Waals surface area contributed by atoms with Crippen LogP contribution in [0.4, 0.5) is 5.69 Å². The van der Waals surface area contributed by atoms with Crippen molar-refractivity contribution in [1.82, 2.24) is 9.88 Å². The van der Waals surface area contributed by atoms with Crippen LogP contribution in [0.5, 0.6) is 0 Å². The molecule has 1 aromatic heterocycles. The van der Waals surface area contributed by atoms with E-state index in [0.29, 0.717) is 5.69 Å². The van der Waals surface area contributed by atoms with E-state index in [1.807, 2.05) is 0 Å². The molecule has 0 bridgehead atoms. The van der Waals surface area contributed by atoms with Crippen molar-refractivity contribution in [2.45, 2.75) is 0 Å². The third kappa shape index (κ3) is 3.23. The molecule has 0 aromatic carbocycles. The number of nitrogens with zero attached hydrogens (tertiary/aromatic N) is 2. The number of rotatable bonds is 4. The van der Waals surface area contributed by atoms with Crippen LogP contribution in [0.1, 0.15) is 10.5 Å². The fourth-order valence-corrected chi connectivity index (χ4v) is 0.961. The molecule has 1 aromatic rings. The molecule has 0 saturated carbocycles. The summed E-state index contributed by atoms with van der Waals surface area (Å²) in [6.07, 6.45) is 1.38. The van der Waals surface area contributed by atoms with Gasteiger partial charge in [0.25, 0.3) is 0 Å². The lowest BCUT2D eigenvalue weighted by atomic mass is 10.3. The van der Waals surface area contributed by atoms with Crippen LogP contribution in [0, 0.1) is 0 Å². The number of hydrogen-bond donors (Lipinski definition) is 2. The Kier molecular flexibility index (Phi) is 3.82. The Labute approximate surface area is 92.9 Å². The second-order valence-corrected chi connectivity index (χ2v) is 3.38. The number of carbonyl (C=O) groups is 2. The number of nitrogens with one attached hydrogen (secondary N) is 1. The first kappa shape index (κ1) is 12.0. The fraction of sp³-hybridized carbons (Fsp3) is 0.300. The molecule has 6 nitrogen and oxygen atoms in total. The average Bonchev–Trinajstić information content (AvgIpc) is 2.26. The zero-order valence-corrected chi connectivity index (χ0v) is 9.10. The van der Waals surface area contributed by atoms with Crippen molar-refractivity contribution in [1.29, 1.82) is 0 Å². The number of carbonyl (C=O) groups excluding carboxylic acids is 1. The Morgan fingerprint density at radius 1 is 1.44 bits per heavy atom. The highest BCUT2D eigenvalue weighted by Gasteiger charge is 2.05. The lowest BCUT2D eigenvalue weighted by molar-refractivity contribution is -0.126. The molecular weight excluding hydrogens is 210 g/mol. The summed E-state index contributed by atoms with van der Waals surface area (Å²) in [7, 11) is 3.32. The summed E-state index contributed by atoms with van der Waals surface area (Å²) < 4.78 is 0. The van der Waals surface area contributed by atoms with Gasteiger partial charge in [0.15, 0.2) is 0 Å². The predicted molar refractivity (Wildman–Crippen MR) is 58.4 cm³/mol. The van der Waals surface area contributed by atoms with Crippen LogP contribution in [0.2, 0.25) is 0 Å². The van der Waals surface area contributed by atoms with Crippen LogP contribution in [0.15, 0.2) is 18.3 Å². The smallest absolute Gasteiger partial charge is 0.354 e. The number of carboxylic acid groups (broad SMARTS) is 1. The van der Waals surface area contributed by atoms with Gasteiger partial charge in [-0.1, -0.05) is 0 Å². The Morgan fingerprint density at radius 3 is 2.56 bits per heavy atom. The molecule has 0 aliphatic carbocycles. The average molecular weight is 223 g/mol. The van der Waals surface area contributed by atoms with Gasteiger partial charge in [-0.2, -0.15) is 0 Å². The monoisotopic (exact) mass is 223 g/mol. The molecular formula is C10H13N3O3. The van der Waals surface area contributed by atoms with E-state index in [1.54, 1.807) is 20.2 Å². The third-order valence-corrected chi connectivity index (χ3v) is 1.93. The van der Waals surface area contributed by atoms with Crippen molar-refractivity contribution in [2.24, 2.45) is 0 Å². The normalized spacial score (nSPS) is 9.62. The Morgan fingerprint density at radius 2 is 2.12 bits per heavy atom. The molecule has 1 heterocycles. The molecule has 86 valence electrons. The largest absolute Gasteiger partial charge is 0.477 e. The minimum Gasteiger partial charge on any atom is -0.477 e. The summed E-state index contributed by atoms with van der Waals surface area (Å²) in [5, 5.41) is 11.5. The minimum atomic E-state index is -1.07. The predicted octanol–water partition coefficient (Wildman–Crippen LogP) is 0.280.